The summed E-state index contributed by atoms with van der Waals surface area (Å²) in [5.41, 5.74) is 0.272. The first-order valence-electron chi connectivity index (χ1n) is 9.17. The Balaban J connectivity index is 1.68. The first-order chi connectivity index (χ1) is 15.2. The van der Waals surface area contributed by atoms with Crippen LogP contribution in [0.15, 0.2) is 59.6 Å². The number of sulfonamides is 1. The van der Waals surface area contributed by atoms with Crippen molar-refractivity contribution in [3.05, 3.63) is 82.4 Å². The fourth-order valence-corrected chi connectivity index (χ4v) is 4.83. The number of benzene rings is 2. The molecule has 1 N–H and O–H groups in total. The van der Waals surface area contributed by atoms with Crippen LogP contribution < -0.4 is 9.46 Å². The van der Waals surface area contributed by atoms with Crippen LogP contribution in [-0.2, 0) is 16.6 Å². The fourth-order valence-electron chi connectivity index (χ4n) is 3.28. The molecule has 4 rings (SSSR count). The summed E-state index contributed by atoms with van der Waals surface area (Å²) in [5.74, 6) is -1.72. The summed E-state index contributed by atoms with van der Waals surface area (Å²) >= 11 is 6.04. The smallest absolute Gasteiger partial charge is 0.280 e. The molecule has 0 radical (unpaired) electrons. The highest BCUT2D eigenvalue weighted by Crippen LogP contribution is 2.30. The monoisotopic (exact) mass is 475 g/mol. The molecule has 0 spiro atoms. The minimum absolute atomic E-state index is 0.0185. The van der Waals surface area contributed by atoms with E-state index >= 15 is 0 Å². The van der Waals surface area contributed by atoms with Gasteiger partial charge in [0.25, 0.3) is 21.8 Å². The molecule has 2 aromatic carbocycles. The normalized spacial score (nSPS) is 13.3. The van der Waals surface area contributed by atoms with Crippen molar-refractivity contribution in [1.29, 1.82) is 0 Å². The number of pyridine rings is 1. The molecular weight excluding hydrogens is 461 g/mol. The molecule has 11 heteroatoms. The van der Waals surface area contributed by atoms with Gasteiger partial charge in [0.1, 0.15) is 17.3 Å². The van der Waals surface area contributed by atoms with Gasteiger partial charge in [-0.3, -0.25) is 24.2 Å². The summed E-state index contributed by atoms with van der Waals surface area (Å²) in [6.07, 6.45) is 1.38. The quantitative estimate of drug-likeness (QED) is 0.547. The van der Waals surface area contributed by atoms with Gasteiger partial charge >= 0.3 is 0 Å². The van der Waals surface area contributed by atoms with Crippen molar-refractivity contribution in [3.8, 4) is 5.75 Å². The zero-order chi connectivity index (χ0) is 23.0. The topological polar surface area (TPSA) is 106 Å². The van der Waals surface area contributed by atoms with Gasteiger partial charge in [-0.1, -0.05) is 17.7 Å². The Morgan fingerprint density at radius 2 is 1.91 bits per heavy atom. The summed E-state index contributed by atoms with van der Waals surface area (Å²) in [5, 5.41) is 0.172. The van der Waals surface area contributed by atoms with E-state index in [1.54, 1.807) is 0 Å². The molecule has 1 aliphatic heterocycles. The molecule has 8 nitrogen and oxygen atoms in total. The molecule has 0 bridgehead atoms. The number of nitrogens with zero attached hydrogens (tertiary/aromatic N) is 2. The Kier molecular flexibility index (Phi) is 5.57. The number of carbonyl (C=O) groups excluding carboxylic acids is 2. The molecule has 2 heterocycles. The van der Waals surface area contributed by atoms with Gasteiger partial charge in [-0.15, -0.1) is 0 Å². The second kappa shape index (κ2) is 8.21. The van der Waals surface area contributed by atoms with Gasteiger partial charge in [0.2, 0.25) is 0 Å². The van der Waals surface area contributed by atoms with Crippen molar-refractivity contribution in [3.63, 3.8) is 0 Å². The van der Waals surface area contributed by atoms with Crippen LogP contribution in [0.25, 0.3) is 0 Å². The predicted octanol–water partition coefficient (Wildman–Crippen LogP) is 3.48. The van der Waals surface area contributed by atoms with Crippen molar-refractivity contribution in [2.75, 3.05) is 11.8 Å². The van der Waals surface area contributed by atoms with E-state index < -0.39 is 32.6 Å². The molecule has 0 aliphatic carbocycles. The highest BCUT2D eigenvalue weighted by Gasteiger charge is 2.37. The number of anilines is 1. The molecular formula is C21H15ClFN3O5S. The van der Waals surface area contributed by atoms with Crippen LogP contribution in [0.3, 0.4) is 0 Å². The number of imide groups is 1. The van der Waals surface area contributed by atoms with E-state index in [2.05, 4.69) is 9.71 Å². The molecule has 164 valence electrons. The molecule has 32 heavy (non-hydrogen) atoms. The van der Waals surface area contributed by atoms with E-state index in [0.717, 1.165) is 17.0 Å². The number of aromatic nitrogens is 1. The lowest BCUT2D eigenvalue weighted by Gasteiger charge is -2.17. The van der Waals surface area contributed by atoms with Crippen molar-refractivity contribution >= 4 is 39.1 Å². The zero-order valence-corrected chi connectivity index (χ0v) is 18.1. The van der Waals surface area contributed by atoms with E-state index in [9.17, 15) is 22.4 Å². The number of methoxy groups -OCH3 is 1. The number of carbonyl (C=O) groups is 2. The van der Waals surface area contributed by atoms with Crippen LogP contribution in [0.5, 0.6) is 5.75 Å². The van der Waals surface area contributed by atoms with Gasteiger partial charge in [-0.25, -0.2) is 12.8 Å². The standard InChI is InChI=1S/C21H15ClFN3O5S/c1-31-17-7-6-14(10-16(17)22)25-32(29,30)18-9-13(23)5-4-12(18)11-26-20(27)15-3-2-8-24-19(15)21(26)28/h2-10,25H,11H2,1H3. The summed E-state index contributed by atoms with van der Waals surface area (Å²) in [6.45, 7) is -0.381. The Morgan fingerprint density at radius 3 is 2.59 bits per heavy atom. The van der Waals surface area contributed by atoms with E-state index in [4.69, 9.17) is 16.3 Å². The predicted molar refractivity (Wildman–Crippen MR) is 114 cm³/mol. The lowest BCUT2D eigenvalue weighted by molar-refractivity contribution is 0.0639. The Labute approximate surface area is 187 Å². The first-order valence-corrected chi connectivity index (χ1v) is 11.0. The largest absolute Gasteiger partial charge is 0.495 e. The van der Waals surface area contributed by atoms with E-state index in [-0.39, 0.29) is 34.1 Å². The van der Waals surface area contributed by atoms with E-state index in [0.29, 0.717) is 5.75 Å². The maximum absolute atomic E-state index is 14.0. The molecule has 0 atom stereocenters. The first kappa shape index (κ1) is 21.7. The van der Waals surface area contributed by atoms with Crippen LogP contribution in [-0.4, -0.2) is 37.2 Å². The number of hydrogen-bond donors (Lipinski definition) is 1. The molecule has 0 unspecified atom stereocenters. The number of fused-ring (bicyclic) bond motifs is 1. The lowest BCUT2D eigenvalue weighted by atomic mass is 10.2. The van der Waals surface area contributed by atoms with Crippen LogP contribution in [0.1, 0.15) is 26.4 Å². The van der Waals surface area contributed by atoms with Gasteiger partial charge < -0.3 is 4.74 Å². The van der Waals surface area contributed by atoms with Crippen molar-refractivity contribution in [2.45, 2.75) is 11.4 Å². The highest BCUT2D eigenvalue weighted by atomic mass is 35.5. The zero-order valence-electron chi connectivity index (χ0n) is 16.5. The molecule has 0 saturated heterocycles. The third-order valence-electron chi connectivity index (χ3n) is 4.78. The number of halogens is 2. The number of hydrogen-bond acceptors (Lipinski definition) is 6. The molecule has 1 aliphatic rings. The number of rotatable bonds is 6. The van der Waals surface area contributed by atoms with Crippen LogP contribution in [0.2, 0.25) is 5.02 Å². The van der Waals surface area contributed by atoms with Gasteiger partial charge in [0.05, 0.1) is 34.8 Å². The van der Waals surface area contributed by atoms with E-state index in [1.165, 1.54) is 49.7 Å². The third kappa shape index (κ3) is 3.90. The van der Waals surface area contributed by atoms with Gasteiger partial charge in [0, 0.05) is 6.20 Å². The Morgan fingerprint density at radius 1 is 1.12 bits per heavy atom. The second-order valence-corrected chi connectivity index (χ2v) is 8.86. The summed E-state index contributed by atoms with van der Waals surface area (Å²) in [4.78, 5) is 29.6. The Hall–Kier alpha value is -3.50. The van der Waals surface area contributed by atoms with Crippen LogP contribution >= 0.6 is 11.6 Å². The fraction of sp³-hybridized carbons (Fsp3) is 0.0952. The molecule has 0 saturated carbocycles. The SMILES string of the molecule is COc1ccc(NS(=O)(=O)c2cc(F)ccc2CN2C(=O)c3cccnc3C2=O)cc1Cl. The van der Waals surface area contributed by atoms with Gasteiger partial charge in [-0.05, 0) is 48.0 Å². The summed E-state index contributed by atoms with van der Waals surface area (Å²) in [6, 6.07) is 10.3. The van der Waals surface area contributed by atoms with Crippen molar-refractivity contribution in [2.24, 2.45) is 0 Å². The van der Waals surface area contributed by atoms with Crippen molar-refractivity contribution < 1.29 is 27.1 Å². The molecule has 3 aromatic rings. The minimum Gasteiger partial charge on any atom is -0.495 e. The van der Waals surface area contributed by atoms with Gasteiger partial charge in [-0.2, -0.15) is 0 Å². The molecule has 1 aromatic heterocycles. The maximum Gasteiger partial charge on any atom is 0.280 e. The second-order valence-electron chi connectivity index (χ2n) is 6.80. The maximum atomic E-state index is 14.0. The molecule has 0 fully saturated rings. The lowest BCUT2D eigenvalue weighted by Crippen LogP contribution is -2.30. The average molecular weight is 476 g/mol. The Bertz CT molecular complexity index is 1330. The van der Waals surface area contributed by atoms with Gasteiger partial charge in [0.15, 0.2) is 0 Å². The minimum atomic E-state index is -4.30. The summed E-state index contributed by atoms with van der Waals surface area (Å²) in [7, 11) is -2.89. The van der Waals surface area contributed by atoms with Crippen LogP contribution in [0.4, 0.5) is 10.1 Å². The number of nitrogens with one attached hydrogen (secondary N) is 1. The van der Waals surface area contributed by atoms with E-state index in [1.807, 2.05) is 0 Å². The summed E-state index contributed by atoms with van der Waals surface area (Å²) < 4.78 is 47.4. The van der Waals surface area contributed by atoms with Crippen LogP contribution in [0, 0.1) is 5.82 Å². The third-order valence-corrected chi connectivity index (χ3v) is 6.54. The van der Waals surface area contributed by atoms with Crippen molar-refractivity contribution in [1.82, 2.24) is 9.88 Å². The highest BCUT2D eigenvalue weighted by molar-refractivity contribution is 7.92. The average Bonchev–Trinajstić information content (AvgIpc) is 3.00. The number of ether oxygens (including phenoxy) is 1. The number of amides is 2. The molecule has 2 amide bonds.